The van der Waals surface area contributed by atoms with E-state index in [0.29, 0.717) is 28.4 Å². The van der Waals surface area contributed by atoms with Crippen LogP contribution in [0.1, 0.15) is 47.6 Å². The third-order valence-corrected chi connectivity index (χ3v) is 4.03. The van der Waals surface area contributed by atoms with E-state index in [9.17, 15) is 9.18 Å². The van der Waals surface area contributed by atoms with Crippen LogP contribution in [0.4, 0.5) is 4.39 Å². The van der Waals surface area contributed by atoms with Gasteiger partial charge in [-0.05, 0) is 31.4 Å². The Labute approximate surface area is 117 Å². The summed E-state index contributed by atoms with van der Waals surface area (Å²) in [5.74, 6) is -0.269. The molecule has 0 spiro atoms. The van der Waals surface area contributed by atoms with E-state index in [0.717, 1.165) is 19.1 Å². The first-order chi connectivity index (χ1) is 9.69. The SMILES string of the molecule is Cc1ccc(-c2nn(C3CCCC3)cc2C=O)cc1F. The molecule has 0 atom stereocenters. The van der Waals surface area contributed by atoms with Gasteiger partial charge in [0, 0.05) is 11.8 Å². The smallest absolute Gasteiger partial charge is 0.153 e. The Bertz CT molecular complexity index is 642. The summed E-state index contributed by atoms with van der Waals surface area (Å²) in [6, 6.07) is 5.35. The molecule has 0 aliphatic heterocycles. The highest BCUT2D eigenvalue weighted by Crippen LogP contribution is 2.31. The van der Waals surface area contributed by atoms with Crippen LogP contribution in [0, 0.1) is 12.7 Å². The molecule has 0 radical (unpaired) electrons. The largest absolute Gasteiger partial charge is 0.298 e. The fourth-order valence-corrected chi connectivity index (χ4v) is 2.81. The maximum Gasteiger partial charge on any atom is 0.153 e. The fourth-order valence-electron chi connectivity index (χ4n) is 2.81. The lowest BCUT2D eigenvalue weighted by molar-refractivity contribution is 0.112. The summed E-state index contributed by atoms with van der Waals surface area (Å²) < 4.78 is 15.6. The fraction of sp³-hybridized carbons (Fsp3) is 0.375. The van der Waals surface area contributed by atoms with Crippen molar-refractivity contribution in [3.63, 3.8) is 0 Å². The first kappa shape index (κ1) is 13.0. The number of rotatable bonds is 3. The van der Waals surface area contributed by atoms with E-state index in [-0.39, 0.29) is 5.82 Å². The number of carbonyl (C=O) groups excluding carboxylic acids is 1. The number of aryl methyl sites for hydroxylation is 1. The van der Waals surface area contributed by atoms with Gasteiger partial charge in [-0.2, -0.15) is 5.10 Å². The monoisotopic (exact) mass is 272 g/mol. The minimum absolute atomic E-state index is 0.269. The van der Waals surface area contributed by atoms with Crippen LogP contribution < -0.4 is 0 Å². The van der Waals surface area contributed by atoms with Crippen molar-refractivity contribution in [2.75, 3.05) is 0 Å². The Morgan fingerprint density at radius 3 is 2.75 bits per heavy atom. The third kappa shape index (κ3) is 2.26. The van der Waals surface area contributed by atoms with Crippen molar-refractivity contribution in [2.24, 2.45) is 0 Å². The molecule has 104 valence electrons. The second-order valence-electron chi connectivity index (χ2n) is 5.43. The first-order valence-electron chi connectivity index (χ1n) is 7.00. The van der Waals surface area contributed by atoms with Crippen LogP contribution in [0.2, 0.25) is 0 Å². The summed E-state index contributed by atoms with van der Waals surface area (Å²) in [5, 5.41) is 4.52. The molecule has 1 aromatic heterocycles. The Hall–Kier alpha value is -1.97. The van der Waals surface area contributed by atoms with Gasteiger partial charge in [-0.1, -0.05) is 25.0 Å². The Kier molecular flexibility index (Phi) is 3.38. The van der Waals surface area contributed by atoms with Crippen LogP contribution in [0.15, 0.2) is 24.4 Å². The van der Waals surface area contributed by atoms with Crippen molar-refractivity contribution < 1.29 is 9.18 Å². The summed E-state index contributed by atoms with van der Waals surface area (Å²) in [6.45, 7) is 1.72. The summed E-state index contributed by atoms with van der Waals surface area (Å²) in [6.07, 6.45) is 7.19. The lowest BCUT2D eigenvalue weighted by Gasteiger charge is -2.08. The molecule has 20 heavy (non-hydrogen) atoms. The van der Waals surface area contributed by atoms with Gasteiger partial charge in [-0.3, -0.25) is 9.48 Å². The molecule has 0 amide bonds. The number of aromatic nitrogens is 2. The van der Waals surface area contributed by atoms with Gasteiger partial charge in [-0.25, -0.2) is 4.39 Å². The van der Waals surface area contributed by atoms with Gasteiger partial charge in [0.25, 0.3) is 0 Å². The van der Waals surface area contributed by atoms with Gasteiger partial charge in [0.1, 0.15) is 11.5 Å². The Morgan fingerprint density at radius 2 is 2.10 bits per heavy atom. The minimum atomic E-state index is -0.269. The molecule has 1 heterocycles. The van der Waals surface area contributed by atoms with Crippen LogP contribution in [0.25, 0.3) is 11.3 Å². The summed E-state index contributed by atoms with van der Waals surface area (Å²) in [7, 11) is 0. The van der Waals surface area contributed by atoms with Gasteiger partial charge >= 0.3 is 0 Å². The van der Waals surface area contributed by atoms with Crippen molar-refractivity contribution in [3.8, 4) is 11.3 Å². The molecule has 3 nitrogen and oxygen atoms in total. The average Bonchev–Trinajstić information content (AvgIpc) is 3.09. The Morgan fingerprint density at radius 1 is 1.35 bits per heavy atom. The van der Waals surface area contributed by atoms with Crippen molar-refractivity contribution in [2.45, 2.75) is 38.6 Å². The second-order valence-corrected chi connectivity index (χ2v) is 5.43. The third-order valence-electron chi connectivity index (χ3n) is 4.03. The van der Waals surface area contributed by atoms with E-state index in [1.54, 1.807) is 19.2 Å². The van der Waals surface area contributed by atoms with E-state index in [2.05, 4.69) is 5.10 Å². The normalized spacial score (nSPS) is 15.7. The quantitative estimate of drug-likeness (QED) is 0.794. The predicted molar refractivity (Wildman–Crippen MR) is 75.3 cm³/mol. The van der Waals surface area contributed by atoms with E-state index in [1.165, 1.54) is 18.9 Å². The number of benzene rings is 1. The van der Waals surface area contributed by atoms with Gasteiger partial charge < -0.3 is 0 Å². The highest BCUT2D eigenvalue weighted by Gasteiger charge is 2.20. The van der Waals surface area contributed by atoms with Crippen LogP contribution >= 0.6 is 0 Å². The molecule has 1 saturated carbocycles. The molecule has 3 rings (SSSR count). The zero-order chi connectivity index (χ0) is 14.1. The van der Waals surface area contributed by atoms with E-state index in [4.69, 9.17) is 0 Å². The van der Waals surface area contributed by atoms with Gasteiger partial charge in [0.2, 0.25) is 0 Å². The molecular weight excluding hydrogens is 255 g/mol. The maximum absolute atomic E-state index is 13.7. The molecule has 1 fully saturated rings. The molecule has 2 aromatic rings. The molecule has 0 bridgehead atoms. The van der Waals surface area contributed by atoms with Crippen molar-refractivity contribution in [1.82, 2.24) is 9.78 Å². The van der Waals surface area contributed by atoms with Gasteiger partial charge in [0.05, 0.1) is 11.6 Å². The molecule has 1 aliphatic rings. The van der Waals surface area contributed by atoms with Crippen molar-refractivity contribution in [1.29, 1.82) is 0 Å². The Balaban J connectivity index is 2.03. The van der Waals surface area contributed by atoms with Crippen molar-refractivity contribution in [3.05, 3.63) is 41.3 Å². The number of nitrogens with zero attached hydrogens (tertiary/aromatic N) is 2. The van der Waals surface area contributed by atoms with Crippen LogP contribution in [-0.2, 0) is 0 Å². The van der Waals surface area contributed by atoms with Gasteiger partial charge in [-0.15, -0.1) is 0 Å². The number of hydrogen-bond acceptors (Lipinski definition) is 2. The zero-order valence-corrected chi connectivity index (χ0v) is 11.5. The van der Waals surface area contributed by atoms with Gasteiger partial charge in [0.15, 0.2) is 6.29 Å². The highest BCUT2D eigenvalue weighted by molar-refractivity contribution is 5.85. The molecule has 1 aromatic carbocycles. The van der Waals surface area contributed by atoms with E-state index >= 15 is 0 Å². The maximum atomic E-state index is 13.7. The highest BCUT2D eigenvalue weighted by atomic mass is 19.1. The van der Waals surface area contributed by atoms with E-state index < -0.39 is 0 Å². The minimum Gasteiger partial charge on any atom is -0.298 e. The number of carbonyl (C=O) groups is 1. The molecule has 1 aliphatic carbocycles. The molecule has 0 N–H and O–H groups in total. The number of halogens is 1. The summed E-state index contributed by atoms with van der Waals surface area (Å²) in [5.41, 5.74) is 2.36. The average molecular weight is 272 g/mol. The second kappa shape index (κ2) is 5.19. The summed E-state index contributed by atoms with van der Waals surface area (Å²) in [4.78, 5) is 11.2. The molecular formula is C16H17FN2O. The van der Waals surface area contributed by atoms with Crippen LogP contribution in [0.5, 0.6) is 0 Å². The van der Waals surface area contributed by atoms with Crippen LogP contribution in [-0.4, -0.2) is 16.1 Å². The number of aldehydes is 1. The summed E-state index contributed by atoms with van der Waals surface area (Å²) >= 11 is 0. The standard InChI is InChI=1S/C16H17FN2O/c1-11-6-7-12(8-15(11)17)16-13(10-20)9-19(18-16)14-4-2-3-5-14/h6-10,14H,2-5H2,1H3. The number of hydrogen-bond donors (Lipinski definition) is 0. The lowest BCUT2D eigenvalue weighted by atomic mass is 10.1. The van der Waals surface area contributed by atoms with E-state index in [1.807, 2.05) is 10.7 Å². The first-order valence-corrected chi connectivity index (χ1v) is 7.00. The topological polar surface area (TPSA) is 34.9 Å². The zero-order valence-electron chi connectivity index (χ0n) is 11.5. The molecule has 0 saturated heterocycles. The predicted octanol–water partition coefficient (Wildman–Crippen LogP) is 3.93. The molecule has 4 heteroatoms. The van der Waals surface area contributed by atoms with Crippen molar-refractivity contribution >= 4 is 6.29 Å². The molecule has 0 unspecified atom stereocenters. The lowest BCUT2D eigenvalue weighted by Crippen LogP contribution is -2.04. The van der Waals surface area contributed by atoms with Crippen LogP contribution in [0.3, 0.4) is 0 Å².